The van der Waals surface area contributed by atoms with E-state index in [-0.39, 0.29) is 35.9 Å². The summed E-state index contributed by atoms with van der Waals surface area (Å²) >= 11 is 3.44. The molecule has 81 heavy (non-hydrogen) atoms. The molecule has 0 saturated carbocycles. The minimum Gasteiger partial charge on any atom is -0.504 e. The molecule has 0 atom stereocenters. The first kappa shape index (κ1) is 62.7. The standard InChI is InChI=1S/C31H33BrO9.C31H34O9/c1-35-23-14-13-19(12-11-18-15-24(36-2)29(39-5)25(16-18)37-3)20(28(23)34)9-8-10-22(33)21-17-26(38-4)30(40-6)31(41-7)27(21)32;1-34-24-14-13-20(12-11-19-15-25(35-2)30(39-6)26(16-19)36-3)22(29(24)33)9-8-10-23(32)21-17-27(37-4)31(40-7)28(18-21)38-5/h8,10-17,34H,9H2,1-7H3;8,10-18,33H,9H2,1-7H3/b2*10-8-,12-11-. The third-order valence-electron chi connectivity index (χ3n) is 12.5. The van der Waals surface area contributed by atoms with Gasteiger partial charge in [-0.1, -0.05) is 48.6 Å². The molecule has 0 heterocycles. The van der Waals surface area contributed by atoms with Crippen molar-refractivity contribution in [3.05, 3.63) is 140 Å². The average molecular weight is 1180 g/mol. The SMILES string of the molecule is COc1ccc(/C=C\c2cc(OC)c(OC)c(OC)c2)c(C/C=C\C(=O)c2cc(OC)c(OC)c(OC)c2)c1O.COc1ccc(/C=C\c2cc(OC)c(OC)c(OC)c2)c(C/C=C\C(=O)c2cc(OC)c(OC)c(OC)c2Br)c1O. The Labute approximate surface area is 480 Å². The normalized spacial score (nSPS) is 11.0. The van der Waals surface area contributed by atoms with Gasteiger partial charge in [-0.05, 0) is 118 Å². The molecule has 6 aromatic carbocycles. The Balaban J connectivity index is 0.000000297. The fraction of sp³-hybridized carbons (Fsp3) is 0.258. The zero-order valence-corrected chi connectivity index (χ0v) is 49.3. The zero-order chi connectivity index (χ0) is 59.3. The molecular weight excluding hydrogens is 1110 g/mol. The van der Waals surface area contributed by atoms with Gasteiger partial charge in [0, 0.05) is 22.3 Å². The number of ketones is 2. The van der Waals surface area contributed by atoms with Crippen LogP contribution >= 0.6 is 15.9 Å². The Morgan fingerprint density at radius 2 is 0.704 bits per heavy atom. The minimum atomic E-state index is -0.298. The van der Waals surface area contributed by atoms with Crippen molar-refractivity contribution < 1.29 is 86.1 Å². The molecule has 0 aromatic heterocycles. The predicted molar refractivity (Wildman–Crippen MR) is 314 cm³/mol. The summed E-state index contributed by atoms with van der Waals surface area (Å²) < 4.78 is 75.8. The van der Waals surface area contributed by atoms with Crippen LogP contribution in [0.15, 0.2) is 95.5 Å². The lowest BCUT2D eigenvalue weighted by Gasteiger charge is -2.15. The van der Waals surface area contributed by atoms with Crippen molar-refractivity contribution in [1.82, 2.24) is 0 Å². The van der Waals surface area contributed by atoms with Gasteiger partial charge in [-0.15, -0.1) is 0 Å². The highest BCUT2D eigenvalue weighted by molar-refractivity contribution is 9.10. The summed E-state index contributed by atoms with van der Waals surface area (Å²) in [7, 11) is 21.2. The molecule has 0 aliphatic rings. The third-order valence-corrected chi connectivity index (χ3v) is 13.2. The molecule has 6 rings (SSSR count). The monoisotopic (exact) mass is 1180 g/mol. The largest absolute Gasteiger partial charge is 0.504 e. The molecule has 0 amide bonds. The number of hydrogen-bond donors (Lipinski definition) is 2. The number of halogens is 1. The molecule has 6 aromatic rings. The molecule has 0 radical (unpaired) electrons. The van der Waals surface area contributed by atoms with Crippen LogP contribution in [0.1, 0.15) is 54.1 Å². The Kier molecular flexibility index (Phi) is 23.5. The van der Waals surface area contributed by atoms with Crippen LogP contribution in [0.4, 0.5) is 0 Å². The smallest absolute Gasteiger partial charge is 0.204 e. The van der Waals surface area contributed by atoms with Crippen LogP contribution in [0, 0.1) is 0 Å². The molecular formula is C62H67BrO18. The van der Waals surface area contributed by atoms with Crippen molar-refractivity contribution in [3.8, 4) is 92.0 Å². The van der Waals surface area contributed by atoms with Crippen LogP contribution in [0.5, 0.6) is 92.0 Å². The first-order valence-corrected chi connectivity index (χ1v) is 25.4. The highest BCUT2D eigenvalue weighted by Gasteiger charge is 2.23. The first-order valence-electron chi connectivity index (χ1n) is 24.6. The maximum absolute atomic E-state index is 13.2. The van der Waals surface area contributed by atoms with Crippen molar-refractivity contribution in [1.29, 1.82) is 0 Å². The van der Waals surface area contributed by atoms with Gasteiger partial charge in [0.15, 0.2) is 80.6 Å². The van der Waals surface area contributed by atoms with Gasteiger partial charge in [-0.2, -0.15) is 0 Å². The third kappa shape index (κ3) is 14.8. The zero-order valence-electron chi connectivity index (χ0n) is 47.7. The van der Waals surface area contributed by atoms with E-state index in [9.17, 15) is 19.8 Å². The molecule has 19 heteroatoms. The van der Waals surface area contributed by atoms with E-state index in [1.165, 1.54) is 69.0 Å². The molecule has 0 aliphatic heterocycles. The van der Waals surface area contributed by atoms with E-state index in [0.717, 1.165) is 22.3 Å². The number of allylic oxidation sites excluding steroid dienone is 4. The van der Waals surface area contributed by atoms with E-state index in [1.807, 2.05) is 60.7 Å². The minimum absolute atomic E-state index is 0.0144. The number of rotatable bonds is 26. The number of carbonyl (C=O) groups excluding carboxylic acids is 2. The fourth-order valence-corrected chi connectivity index (χ4v) is 9.03. The van der Waals surface area contributed by atoms with E-state index >= 15 is 0 Å². The molecule has 0 spiro atoms. The highest BCUT2D eigenvalue weighted by Crippen LogP contribution is 2.46. The van der Waals surface area contributed by atoms with E-state index in [0.29, 0.717) is 107 Å². The van der Waals surface area contributed by atoms with Crippen LogP contribution in [0.2, 0.25) is 0 Å². The van der Waals surface area contributed by atoms with Gasteiger partial charge in [0.1, 0.15) is 0 Å². The number of carbonyl (C=O) groups is 2. The Morgan fingerprint density at radius 3 is 1.04 bits per heavy atom. The van der Waals surface area contributed by atoms with E-state index in [2.05, 4.69) is 15.9 Å². The van der Waals surface area contributed by atoms with Crippen LogP contribution in [-0.4, -0.2) is 121 Å². The molecule has 0 unspecified atom stereocenters. The number of benzene rings is 6. The second-order valence-electron chi connectivity index (χ2n) is 16.8. The van der Waals surface area contributed by atoms with Gasteiger partial charge >= 0.3 is 0 Å². The Bertz CT molecular complexity index is 3230. The summed E-state index contributed by atoms with van der Waals surface area (Å²) in [5.74, 6) is 5.31. The van der Waals surface area contributed by atoms with Gasteiger partial charge < -0.3 is 76.5 Å². The van der Waals surface area contributed by atoms with Gasteiger partial charge in [-0.3, -0.25) is 9.59 Å². The first-order chi connectivity index (χ1) is 39.1. The fourth-order valence-electron chi connectivity index (χ4n) is 8.38. The number of ether oxygens (including phenoxy) is 14. The molecule has 0 bridgehead atoms. The van der Waals surface area contributed by atoms with Crippen LogP contribution in [-0.2, 0) is 12.8 Å². The van der Waals surface area contributed by atoms with Crippen molar-refractivity contribution in [2.75, 3.05) is 99.5 Å². The number of aromatic hydroxyl groups is 2. The lowest BCUT2D eigenvalue weighted by atomic mass is 10.00. The molecule has 2 N–H and O–H groups in total. The molecule has 0 aliphatic carbocycles. The van der Waals surface area contributed by atoms with Crippen LogP contribution in [0.25, 0.3) is 24.3 Å². The van der Waals surface area contributed by atoms with Crippen LogP contribution in [0.3, 0.4) is 0 Å². The van der Waals surface area contributed by atoms with Crippen molar-refractivity contribution in [3.63, 3.8) is 0 Å². The van der Waals surface area contributed by atoms with Gasteiger partial charge in [0.05, 0.1) is 104 Å². The second kappa shape index (κ2) is 30.3. The number of hydrogen-bond acceptors (Lipinski definition) is 18. The molecule has 0 fully saturated rings. The van der Waals surface area contributed by atoms with Crippen LogP contribution < -0.4 is 66.3 Å². The lowest BCUT2D eigenvalue weighted by Crippen LogP contribution is -2.03. The number of methoxy groups -OCH3 is 14. The molecule has 18 nitrogen and oxygen atoms in total. The average Bonchev–Trinajstić information content (AvgIpc) is 3.51. The lowest BCUT2D eigenvalue weighted by molar-refractivity contribution is 0.103. The summed E-state index contributed by atoms with van der Waals surface area (Å²) in [6.07, 6.45) is 14.1. The quantitative estimate of drug-likeness (QED) is 0.0294. The summed E-state index contributed by atoms with van der Waals surface area (Å²) in [6.45, 7) is 0. The van der Waals surface area contributed by atoms with Gasteiger partial charge in [0.2, 0.25) is 23.0 Å². The maximum Gasteiger partial charge on any atom is 0.204 e. The summed E-state index contributed by atoms with van der Waals surface area (Å²) in [5.41, 5.74) is 4.89. The van der Waals surface area contributed by atoms with Gasteiger partial charge in [0.25, 0.3) is 0 Å². The maximum atomic E-state index is 13.2. The topological polar surface area (TPSA) is 204 Å². The highest BCUT2D eigenvalue weighted by atomic mass is 79.9. The van der Waals surface area contributed by atoms with E-state index in [1.54, 1.807) is 85.1 Å². The molecule has 0 saturated heterocycles. The predicted octanol–water partition coefficient (Wildman–Crippen LogP) is 12.0. The van der Waals surface area contributed by atoms with Crippen molar-refractivity contribution >= 4 is 51.8 Å². The van der Waals surface area contributed by atoms with Gasteiger partial charge in [-0.25, -0.2) is 0 Å². The Morgan fingerprint density at radius 1 is 0.383 bits per heavy atom. The van der Waals surface area contributed by atoms with E-state index in [4.69, 9.17) is 66.3 Å². The van der Waals surface area contributed by atoms with Crippen molar-refractivity contribution in [2.45, 2.75) is 12.8 Å². The Hall–Kier alpha value is -9.10. The summed E-state index contributed by atoms with van der Waals surface area (Å²) in [4.78, 5) is 26.1. The van der Waals surface area contributed by atoms with E-state index < -0.39 is 0 Å². The number of phenolic OH excluding ortho intramolecular Hbond substituents is 2. The van der Waals surface area contributed by atoms with Crippen molar-refractivity contribution in [2.24, 2.45) is 0 Å². The summed E-state index contributed by atoms with van der Waals surface area (Å²) in [6, 6.07) is 19.0. The number of phenols is 2. The summed E-state index contributed by atoms with van der Waals surface area (Å²) in [5, 5.41) is 21.8. The second-order valence-corrected chi connectivity index (χ2v) is 17.6. The molecule has 430 valence electrons.